The number of aromatic nitrogens is 2. The second kappa shape index (κ2) is 6.15. The Morgan fingerprint density at radius 1 is 0.643 bits per heavy atom. The number of carbonyl (C=O) groups excluding carboxylic acids is 1. The Morgan fingerprint density at radius 2 is 1.04 bits per heavy atom. The number of halogens is 4. The molecule has 0 aliphatic rings. The molecule has 0 saturated heterocycles. The Hall–Kier alpha value is -3.75. The minimum atomic E-state index is -1.07. The molecule has 2 N–H and O–H groups in total. The van der Waals surface area contributed by atoms with Crippen LogP contribution in [0.15, 0.2) is 46.0 Å². The third-order valence-electron chi connectivity index (χ3n) is 4.23. The van der Waals surface area contributed by atoms with Crippen molar-refractivity contribution in [3.05, 3.63) is 91.5 Å². The predicted molar refractivity (Wildman–Crippen MR) is 92.4 cm³/mol. The molecule has 0 atom stereocenters. The molecular formula is C19H8F4N2O3. The van der Waals surface area contributed by atoms with Crippen LogP contribution in [0.2, 0.25) is 0 Å². The average molecular weight is 388 g/mol. The van der Waals surface area contributed by atoms with Crippen LogP contribution in [0.3, 0.4) is 0 Å². The van der Waals surface area contributed by atoms with Crippen molar-refractivity contribution in [1.82, 2.24) is 9.97 Å². The standard InChI is InChI=1S/C19H8F4N2O3/c20-9-1-7-3-11(18(27)24-15(7)13(22)5-9)17(26)12-4-8-2-10(21)6-14(23)16(8)25-19(12)28/h1-6H,(H,24,27)(H,25,28). The van der Waals surface area contributed by atoms with E-state index in [0.717, 1.165) is 24.3 Å². The molecule has 9 heteroatoms. The zero-order valence-corrected chi connectivity index (χ0v) is 13.7. The van der Waals surface area contributed by atoms with Gasteiger partial charge < -0.3 is 9.97 Å². The summed E-state index contributed by atoms with van der Waals surface area (Å²) in [6, 6.07) is 4.83. The number of nitrogens with one attached hydrogen (secondary N) is 2. The Morgan fingerprint density at radius 3 is 1.43 bits per heavy atom. The number of carbonyl (C=O) groups is 1. The van der Waals surface area contributed by atoms with Crippen LogP contribution in [-0.2, 0) is 0 Å². The molecule has 0 amide bonds. The largest absolute Gasteiger partial charge is 0.319 e. The highest BCUT2D eigenvalue weighted by Crippen LogP contribution is 2.20. The number of aromatic amines is 2. The molecule has 0 spiro atoms. The zero-order valence-electron chi connectivity index (χ0n) is 13.7. The van der Waals surface area contributed by atoms with E-state index in [4.69, 9.17) is 0 Å². The summed E-state index contributed by atoms with van der Waals surface area (Å²) in [6.07, 6.45) is 0. The summed E-state index contributed by atoms with van der Waals surface area (Å²) in [5.41, 5.74) is -3.74. The number of fused-ring (bicyclic) bond motifs is 2. The Kier molecular flexibility index (Phi) is 3.88. The SMILES string of the molecule is O=C(c1cc2cc(F)cc(F)c2[nH]c1=O)c1cc2cc(F)cc(F)c2[nH]c1=O. The van der Waals surface area contributed by atoms with Crippen molar-refractivity contribution in [1.29, 1.82) is 0 Å². The number of rotatable bonds is 2. The van der Waals surface area contributed by atoms with Crippen molar-refractivity contribution in [2.45, 2.75) is 0 Å². The third kappa shape index (κ3) is 2.77. The molecule has 4 aromatic rings. The molecule has 2 aromatic heterocycles. The summed E-state index contributed by atoms with van der Waals surface area (Å²) in [7, 11) is 0. The summed E-state index contributed by atoms with van der Waals surface area (Å²) < 4.78 is 54.4. The van der Waals surface area contributed by atoms with Gasteiger partial charge in [0.2, 0.25) is 5.78 Å². The number of H-pyrrole nitrogens is 2. The first-order valence-electron chi connectivity index (χ1n) is 7.83. The predicted octanol–water partition coefficient (Wildman–Crippen LogP) is 3.16. The van der Waals surface area contributed by atoms with Gasteiger partial charge in [-0.1, -0.05) is 0 Å². The summed E-state index contributed by atoms with van der Waals surface area (Å²) in [6.45, 7) is 0. The molecule has 0 aliphatic heterocycles. The smallest absolute Gasteiger partial charge is 0.259 e. The highest BCUT2D eigenvalue weighted by Gasteiger charge is 2.20. The molecule has 28 heavy (non-hydrogen) atoms. The van der Waals surface area contributed by atoms with Crippen LogP contribution in [-0.4, -0.2) is 15.8 Å². The van der Waals surface area contributed by atoms with E-state index >= 15 is 0 Å². The molecule has 0 unspecified atom stereocenters. The molecule has 0 bridgehead atoms. The van der Waals surface area contributed by atoms with Gasteiger partial charge in [0.15, 0.2) is 0 Å². The van der Waals surface area contributed by atoms with Gasteiger partial charge in [-0.15, -0.1) is 0 Å². The van der Waals surface area contributed by atoms with Gasteiger partial charge in [-0.3, -0.25) is 14.4 Å². The monoisotopic (exact) mass is 388 g/mol. The maximum atomic E-state index is 13.8. The molecule has 4 rings (SSSR count). The average Bonchev–Trinajstić information content (AvgIpc) is 2.61. The van der Waals surface area contributed by atoms with Gasteiger partial charge in [0.05, 0.1) is 22.2 Å². The summed E-state index contributed by atoms with van der Waals surface area (Å²) in [5, 5.41) is -0.204. The van der Waals surface area contributed by atoms with Crippen molar-refractivity contribution in [2.75, 3.05) is 0 Å². The van der Waals surface area contributed by atoms with Crippen molar-refractivity contribution in [2.24, 2.45) is 0 Å². The maximum absolute atomic E-state index is 13.8. The van der Waals surface area contributed by atoms with Crippen LogP contribution in [0, 0.1) is 23.3 Å². The van der Waals surface area contributed by atoms with Crippen LogP contribution in [0.1, 0.15) is 15.9 Å². The van der Waals surface area contributed by atoms with E-state index in [1.54, 1.807) is 0 Å². The molecular weight excluding hydrogens is 380 g/mol. The zero-order chi connectivity index (χ0) is 20.2. The second-order valence-electron chi connectivity index (χ2n) is 6.06. The minimum absolute atomic E-state index is 0.102. The maximum Gasteiger partial charge on any atom is 0.259 e. The van der Waals surface area contributed by atoms with Gasteiger partial charge in [-0.25, -0.2) is 17.6 Å². The van der Waals surface area contributed by atoms with Crippen molar-refractivity contribution in [3.63, 3.8) is 0 Å². The molecule has 0 radical (unpaired) electrons. The van der Waals surface area contributed by atoms with Gasteiger partial charge in [0, 0.05) is 22.9 Å². The number of hydrogen-bond acceptors (Lipinski definition) is 3. The van der Waals surface area contributed by atoms with Crippen molar-refractivity contribution >= 4 is 27.6 Å². The molecule has 140 valence electrons. The van der Waals surface area contributed by atoms with E-state index in [-0.39, 0.29) is 21.8 Å². The fourth-order valence-electron chi connectivity index (χ4n) is 2.96. The van der Waals surface area contributed by atoms with Gasteiger partial charge in [-0.2, -0.15) is 0 Å². The lowest BCUT2D eigenvalue weighted by Crippen LogP contribution is -2.24. The van der Waals surface area contributed by atoms with E-state index in [9.17, 15) is 31.9 Å². The number of pyridine rings is 2. The highest BCUT2D eigenvalue weighted by atomic mass is 19.1. The minimum Gasteiger partial charge on any atom is -0.319 e. The van der Waals surface area contributed by atoms with Crippen LogP contribution in [0.5, 0.6) is 0 Å². The summed E-state index contributed by atoms with van der Waals surface area (Å²) >= 11 is 0. The fraction of sp³-hybridized carbons (Fsp3) is 0. The van der Waals surface area contributed by atoms with E-state index in [1.807, 2.05) is 0 Å². The van der Waals surface area contributed by atoms with E-state index in [1.165, 1.54) is 0 Å². The fourth-order valence-corrected chi connectivity index (χ4v) is 2.96. The second-order valence-corrected chi connectivity index (χ2v) is 6.06. The quantitative estimate of drug-likeness (QED) is 0.409. The molecule has 0 aliphatic carbocycles. The molecule has 0 fully saturated rings. The van der Waals surface area contributed by atoms with Gasteiger partial charge in [0.1, 0.15) is 23.3 Å². The van der Waals surface area contributed by atoms with Crippen molar-refractivity contribution < 1.29 is 22.4 Å². The Bertz CT molecular complexity index is 1320. The van der Waals surface area contributed by atoms with Crippen LogP contribution in [0.25, 0.3) is 21.8 Å². The number of hydrogen-bond donors (Lipinski definition) is 2. The molecule has 5 nitrogen and oxygen atoms in total. The lowest BCUT2D eigenvalue weighted by atomic mass is 10.0. The first-order valence-corrected chi connectivity index (χ1v) is 7.83. The highest BCUT2D eigenvalue weighted by molar-refractivity contribution is 6.11. The number of ketones is 1. The van der Waals surface area contributed by atoms with Crippen LogP contribution < -0.4 is 11.1 Å². The van der Waals surface area contributed by atoms with Gasteiger partial charge in [-0.05, 0) is 24.3 Å². The first-order chi connectivity index (χ1) is 13.2. The summed E-state index contributed by atoms with van der Waals surface area (Å²) in [4.78, 5) is 41.4. The van der Waals surface area contributed by atoms with Crippen LogP contribution >= 0.6 is 0 Å². The Balaban J connectivity index is 1.95. The molecule has 0 saturated carbocycles. The topological polar surface area (TPSA) is 82.8 Å². The van der Waals surface area contributed by atoms with E-state index in [2.05, 4.69) is 9.97 Å². The number of benzene rings is 2. The van der Waals surface area contributed by atoms with Crippen LogP contribution in [0.4, 0.5) is 17.6 Å². The van der Waals surface area contributed by atoms with E-state index in [0.29, 0.717) is 12.1 Å². The van der Waals surface area contributed by atoms with E-state index < -0.39 is 51.3 Å². The lowest BCUT2D eigenvalue weighted by molar-refractivity contribution is 0.103. The van der Waals surface area contributed by atoms with Gasteiger partial charge >= 0.3 is 0 Å². The lowest BCUT2D eigenvalue weighted by Gasteiger charge is -2.06. The van der Waals surface area contributed by atoms with Crippen molar-refractivity contribution in [3.8, 4) is 0 Å². The third-order valence-corrected chi connectivity index (χ3v) is 4.23. The summed E-state index contributed by atoms with van der Waals surface area (Å²) in [5.74, 6) is -4.98. The molecule has 2 aromatic carbocycles. The first kappa shape index (κ1) is 17.7. The Labute approximate surface area is 152 Å². The van der Waals surface area contributed by atoms with Gasteiger partial charge in [0.25, 0.3) is 11.1 Å². The molecule has 2 heterocycles. The normalized spacial score (nSPS) is 11.3.